The predicted octanol–water partition coefficient (Wildman–Crippen LogP) is 39.6. The van der Waals surface area contributed by atoms with E-state index in [-0.39, 0.29) is 21.7 Å². The fourth-order valence-corrected chi connectivity index (χ4v) is 29.8. The SMILES string of the molecule is CC1(C)c2ccccc2-c2c1cc1c3c(c4cccc5ccc2c1c54)-c1ccccc1C3(C)C.CC1(C)c2ccccc2-c2c1cc1cc3c4c(cc(N(c5ccccc5)c5ccccc5)c5ccc2c1c54)C(C)(C)c1ccccc1-3.c1ccc2c(c1)oc1cc3c4oc5ccccc5c4c4cccc5ccc(c12)c3c54.c1ccc2c(c1)sc1cc3c4sc5ccccc5c4c4cccc5ccc(c12)c3c54. The minimum absolute atomic E-state index is 0.0150. The van der Waals surface area contributed by atoms with Crippen LogP contribution in [0.4, 0.5) is 17.1 Å². The molecule has 4 aliphatic carbocycles. The zero-order valence-electron chi connectivity index (χ0n) is 79.1. The van der Waals surface area contributed by atoms with Gasteiger partial charge >= 0.3 is 0 Å². The Kier molecular flexibility index (Phi) is 16.0. The van der Waals surface area contributed by atoms with E-state index in [0.717, 1.165) is 49.9 Å². The van der Waals surface area contributed by atoms with E-state index in [1.807, 2.05) is 40.9 Å². The normalized spacial score (nSPS) is 14.5. The van der Waals surface area contributed by atoms with E-state index >= 15 is 0 Å². The van der Waals surface area contributed by atoms with Crippen molar-refractivity contribution in [3.05, 3.63) is 439 Å². The summed E-state index contributed by atoms with van der Waals surface area (Å²) in [5, 5.41) is 42.6. The summed E-state index contributed by atoms with van der Waals surface area (Å²) in [4.78, 5) is 2.46. The Balaban J connectivity index is 0.0000000879. The molecule has 30 aromatic rings. The molecule has 0 saturated heterocycles. The third-order valence-corrected chi connectivity index (χ3v) is 35.8. The number of hydrogen-bond acceptors (Lipinski definition) is 5. The first-order chi connectivity index (χ1) is 69.0. The molecule has 0 amide bonds. The summed E-state index contributed by atoms with van der Waals surface area (Å²) in [6.45, 7) is 19.2. The molecule has 26 aromatic carbocycles. The summed E-state index contributed by atoms with van der Waals surface area (Å²) in [6, 6.07) is 146. The summed E-state index contributed by atoms with van der Waals surface area (Å²) in [5.41, 5.74) is 29.6. The highest BCUT2D eigenvalue weighted by Gasteiger charge is 2.45. The molecule has 0 aliphatic heterocycles. The number of fused-ring (bicyclic) bond motifs is 33. The van der Waals surface area contributed by atoms with Crippen LogP contribution >= 0.6 is 22.7 Å². The van der Waals surface area contributed by atoms with Gasteiger partial charge in [-0.05, 0) is 276 Å². The van der Waals surface area contributed by atoms with Gasteiger partial charge in [0.1, 0.15) is 22.3 Å². The number of para-hydroxylation sites is 4. The lowest BCUT2D eigenvalue weighted by Crippen LogP contribution is -2.24. The van der Waals surface area contributed by atoms with Crippen LogP contribution in [0.1, 0.15) is 99.9 Å². The Bertz CT molecular complexity index is 10400. The minimum atomic E-state index is -0.184. The smallest absolute Gasteiger partial charge is 0.144 e. The van der Waals surface area contributed by atoms with Crippen molar-refractivity contribution in [3.63, 3.8) is 0 Å². The number of benzene rings is 26. The van der Waals surface area contributed by atoms with E-state index in [2.05, 4.69) is 436 Å². The maximum absolute atomic E-state index is 6.45. The van der Waals surface area contributed by atoms with Crippen molar-refractivity contribution in [2.45, 2.75) is 77.0 Å². The molecular weight excluding hydrogens is 1740 g/mol. The van der Waals surface area contributed by atoms with E-state index in [1.54, 1.807) is 0 Å². The third-order valence-electron chi connectivity index (χ3n) is 33.5. The van der Waals surface area contributed by atoms with Gasteiger partial charge in [0.25, 0.3) is 0 Å². The molecule has 662 valence electrons. The van der Waals surface area contributed by atoms with Gasteiger partial charge in [-0.25, -0.2) is 0 Å². The molecule has 0 unspecified atom stereocenters. The number of hydrogen-bond donors (Lipinski definition) is 0. The van der Waals surface area contributed by atoms with E-state index in [4.69, 9.17) is 8.83 Å². The van der Waals surface area contributed by atoms with Gasteiger partial charge in [-0.3, -0.25) is 0 Å². The van der Waals surface area contributed by atoms with Crippen LogP contribution in [-0.4, -0.2) is 0 Å². The van der Waals surface area contributed by atoms with E-state index < -0.39 is 0 Å². The Morgan fingerprint density at radius 2 is 0.624 bits per heavy atom. The standard InChI is InChI=1S/C46H35N.C34H26.C28H14O2.C28H14S2/c1-45(2)36-21-13-11-19-31(36)35-25-28-26-38-42(32-20-12-14-22-37(32)46(38,3)4)34-24-23-33-40(27-39(45)43(35)44(33)41(28)34)47(29-15-7-5-8-16-29)30-17-9-6-10-18-30;1-33(2)25-14-7-5-11-20(25)29-23-17-16-19-10-9-13-22-28(19)30(23)24(18-27(29)33)32-31(22)21-12-6-8-15-26(21)34(32,3)4;2*1-3-10-21-16(7-1)25-19-13-12-15-6-5-9-18-24(15)26(19)20(14-23(25)29-21)28-27(18)17-8-2-4-11-22(17)30-28/h5-27H,1-4H3;5-18H,1-4H3;2*1-14H. The third kappa shape index (κ3) is 10.5. The summed E-state index contributed by atoms with van der Waals surface area (Å²) in [6.07, 6.45) is 0. The van der Waals surface area contributed by atoms with Gasteiger partial charge < -0.3 is 13.7 Å². The minimum Gasteiger partial charge on any atom is -0.456 e. The first-order valence-corrected chi connectivity index (χ1v) is 51.2. The fourth-order valence-electron chi connectivity index (χ4n) is 27.4. The molecule has 0 radical (unpaired) electrons. The van der Waals surface area contributed by atoms with Crippen LogP contribution in [-0.2, 0) is 21.7 Å². The zero-order chi connectivity index (χ0) is 93.4. The summed E-state index contributed by atoms with van der Waals surface area (Å²) in [7, 11) is 0. The second-order valence-corrected chi connectivity index (χ2v) is 44.2. The van der Waals surface area contributed by atoms with E-state index in [9.17, 15) is 0 Å². The van der Waals surface area contributed by atoms with Crippen molar-refractivity contribution in [2.24, 2.45) is 0 Å². The molecule has 4 aliphatic rings. The number of furan rings is 2. The molecule has 141 heavy (non-hydrogen) atoms. The number of anilines is 3. The lowest BCUT2D eigenvalue weighted by Gasteiger charge is -2.38. The van der Waals surface area contributed by atoms with Crippen LogP contribution in [0.25, 0.3) is 258 Å². The molecule has 0 N–H and O–H groups in total. The molecule has 4 heterocycles. The number of thiophene rings is 2. The molecule has 5 heteroatoms. The maximum atomic E-state index is 6.45. The van der Waals surface area contributed by atoms with Gasteiger partial charge in [0.2, 0.25) is 0 Å². The van der Waals surface area contributed by atoms with Crippen LogP contribution in [0.3, 0.4) is 0 Å². The molecule has 0 fully saturated rings. The quantitative estimate of drug-likeness (QED) is 0.165. The molecule has 3 nitrogen and oxygen atoms in total. The van der Waals surface area contributed by atoms with Crippen molar-refractivity contribution in [1.82, 2.24) is 0 Å². The van der Waals surface area contributed by atoms with Crippen LogP contribution < -0.4 is 4.90 Å². The summed E-state index contributed by atoms with van der Waals surface area (Å²) in [5.74, 6) is 0. The van der Waals surface area contributed by atoms with Crippen LogP contribution in [0.5, 0.6) is 0 Å². The molecule has 4 aromatic heterocycles. The fraction of sp³-hybridized carbons (Fsp3) is 0.0882. The van der Waals surface area contributed by atoms with Gasteiger partial charge in [-0.15, -0.1) is 22.7 Å². The van der Waals surface area contributed by atoms with Gasteiger partial charge in [0.15, 0.2) is 0 Å². The topological polar surface area (TPSA) is 29.5 Å². The highest BCUT2D eigenvalue weighted by Crippen LogP contribution is 2.64. The van der Waals surface area contributed by atoms with Crippen LogP contribution in [0.2, 0.25) is 0 Å². The van der Waals surface area contributed by atoms with Gasteiger partial charge in [0.05, 0.1) is 5.69 Å². The van der Waals surface area contributed by atoms with Gasteiger partial charge in [0, 0.05) is 122 Å². The number of nitrogens with zero attached hydrogens (tertiary/aromatic N) is 1. The monoisotopic (exact) mass is 1830 g/mol. The maximum Gasteiger partial charge on any atom is 0.144 e. The molecular formula is C136H89NO2S2. The second-order valence-electron chi connectivity index (χ2n) is 42.0. The van der Waals surface area contributed by atoms with Crippen LogP contribution in [0.15, 0.2) is 403 Å². The Morgan fingerprint density at radius 1 is 0.199 bits per heavy atom. The van der Waals surface area contributed by atoms with E-state index in [0.29, 0.717) is 0 Å². The molecule has 0 bridgehead atoms. The lowest BCUT2D eigenvalue weighted by molar-refractivity contribution is 0.645. The Labute approximate surface area is 820 Å². The van der Waals surface area contributed by atoms with Gasteiger partial charge in [-0.2, -0.15) is 0 Å². The second kappa shape index (κ2) is 28.3. The zero-order valence-corrected chi connectivity index (χ0v) is 80.7. The van der Waals surface area contributed by atoms with Crippen molar-refractivity contribution in [3.8, 4) is 44.5 Å². The Hall–Kier alpha value is -16.3. The van der Waals surface area contributed by atoms with Crippen LogP contribution in [0, 0.1) is 0 Å². The summed E-state index contributed by atoms with van der Waals surface area (Å²) < 4.78 is 18.3. The largest absolute Gasteiger partial charge is 0.456 e. The molecule has 0 saturated carbocycles. The average Bonchev–Trinajstić information content (AvgIpc) is 1.69. The first kappa shape index (κ1) is 79.7. The summed E-state index contributed by atoms with van der Waals surface area (Å²) >= 11 is 3.86. The highest BCUT2D eigenvalue weighted by atomic mass is 32.1. The lowest BCUT2D eigenvalue weighted by atomic mass is 9.67. The van der Waals surface area contributed by atoms with E-state index in [1.165, 1.54) is 270 Å². The molecule has 0 spiro atoms. The van der Waals surface area contributed by atoms with Crippen molar-refractivity contribution in [1.29, 1.82) is 0 Å². The van der Waals surface area contributed by atoms with Crippen molar-refractivity contribution in [2.75, 3.05) is 4.90 Å². The average molecular weight is 1830 g/mol. The predicted molar refractivity (Wildman–Crippen MR) is 606 cm³/mol. The first-order valence-electron chi connectivity index (χ1n) is 49.6. The Morgan fingerprint density at radius 3 is 1.26 bits per heavy atom. The van der Waals surface area contributed by atoms with Gasteiger partial charge in [-0.1, -0.05) is 365 Å². The van der Waals surface area contributed by atoms with Crippen molar-refractivity contribution >= 4 is 253 Å². The van der Waals surface area contributed by atoms with Crippen molar-refractivity contribution < 1.29 is 8.83 Å². The molecule has 0 atom stereocenters. The number of rotatable bonds is 3. The highest BCUT2D eigenvalue weighted by molar-refractivity contribution is 7.27. The molecule has 34 rings (SSSR count).